The number of likely N-dealkylation sites (N-methyl/N-ethyl adjacent to an activating group) is 1. The normalized spacial score (nSPS) is 19.6. The number of carbonyl (C=O) groups is 5. The van der Waals surface area contributed by atoms with Gasteiger partial charge in [0.2, 0.25) is 24.1 Å². The fourth-order valence-electron chi connectivity index (χ4n) is 5.97. The maximum absolute atomic E-state index is 13.0. The zero-order valence-corrected chi connectivity index (χ0v) is 32.5. The molecule has 5 rings (SSSR count). The molecule has 0 saturated carbocycles. The Morgan fingerprint density at radius 3 is 2.04 bits per heavy atom. The van der Waals surface area contributed by atoms with E-state index in [1.54, 1.807) is 63.4 Å². The van der Waals surface area contributed by atoms with Gasteiger partial charge in [-0.25, -0.2) is 10.6 Å². The first kappa shape index (κ1) is 44.8. The summed E-state index contributed by atoms with van der Waals surface area (Å²) >= 11 is 0. The summed E-state index contributed by atoms with van der Waals surface area (Å²) in [6, 6.07) is 27.2. The lowest BCUT2D eigenvalue weighted by molar-refractivity contribution is -0.462. The lowest BCUT2D eigenvalue weighted by Crippen LogP contribution is -2.78. The van der Waals surface area contributed by atoms with Crippen LogP contribution in [0, 0.1) is 0 Å². The van der Waals surface area contributed by atoms with Crippen LogP contribution in [0.4, 0.5) is 0 Å². The Hall–Kier alpha value is -5.61. The van der Waals surface area contributed by atoms with E-state index in [0.29, 0.717) is 42.9 Å². The van der Waals surface area contributed by atoms with Crippen LogP contribution >= 0.6 is 0 Å². The quantitative estimate of drug-likeness (QED) is 0.0239. The number of hydrogen-bond donors (Lipinski definition) is 7. The van der Waals surface area contributed by atoms with E-state index in [1.165, 1.54) is 0 Å². The molecule has 15 heteroatoms. The smallest absolute Gasteiger partial charge is 0.348 e. The molecule has 2 heterocycles. The Bertz CT molecular complexity index is 1780. The molecule has 5 unspecified atom stereocenters. The molecule has 0 aromatic heterocycles. The zero-order chi connectivity index (χ0) is 40.9. The summed E-state index contributed by atoms with van der Waals surface area (Å²) in [5.74, 6) is 0.419. The number of nitrogens with zero attached hydrogens (tertiary/aromatic N) is 1. The van der Waals surface area contributed by atoms with Crippen LogP contribution in [0.2, 0.25) is 0 Å². The van der Waals surface area contributed by atoms with Crippen LogP contribution < -0.4 is 37.7 Å². The van der Waals surface area contributed by atoms with Crippen molar-refractivity contribution in [2.24, 2.45) is 16.5 Å². The Morgan fingerprint density at radius 1 is 0.893 bits per heavy atom. The average Bonchev–Trinajstić information content (AvgIpc) is 3.75. The van der Waals surface area contributed by atoms with Crippen molar-refractivity contribution in [2.75, 3.05) is 27.2 Å². The number of fused-ring (bicyclic) bond motifs is 1. The van der Waals surface area contributed by atoms with Gasteiger partial charge in [-0.2, -0.15) is 0 Å². The Labute approximate surface area is 329 Å². The maximum Gasteiger partial charge on any atom is 0.348 e. The maximum atomic E-state index is 13.0. The van der Waals surface area contributed by atoms with Crippen molar-refractivity contribution < 1.29 is 39.9 Å². The van der Waals surface area contributed by atoms with E-state index in [9.17, 15) is 24.0 Å². The third-order valence-corrected chi connectivity index (χ3v) is 8.91. The van der Waals surface area contributed by atoms with Crippen molar-refractivity contribution in [2.45, 2.75) is 76.3 Å². The van der Waals surface area contributed by atoms with Crippen LogP contribution in [0.15, 0.2) is 96.0 Å². The van der Waals surface area contributed by atoms with Crippen molar-refractivity contribution in [3.05, 3.63) is 108 Å². The SMILES string of the molecule is CNC(CCCN=C(N)N)C(C)=O.CNC(CCC[NH+]=C1NC2OC(C(=O)c3ccccc3)OC2(c2ccccc2)N1)CC(C)=O.O=CC(=O)c1ccccc1.[HH]. The Kier molecular flexibility index (Phi) is 18.7. The van der Waals surface area contributed by atoms with E-state index in [-0.39, 0.29) is 36.8 Å². The molecular formula is C41H57N8O7+. The van der Waals surface area contributed by atoms with Crippen molar-refractivity contribution in [1.29, 1.82) is 0 Å². The molecule has 5 atom stereocenters. The molecule has 302 valence electrons. The number of nitrogens with two attached hydrogens (primary N) is 2. The topological polar surface area (TPSA) is 230 Å². The van der Waals surface area contributed by atoms with Gasteiger partial charge in [0, 0.05) is 37.1 Å². The first-order valence-corrected chi connectivity index (χ1v) is 18.5. The molecule has 0 amide bonds. The van der Waals surface area contributed by atoms with Gasteiger partial charge in [-0.1, -0.05) is 91.0 Å². The number of hydrogen-bond acceptors (Lipinski definition) is 10. The molecule has 3 aromatic rings. The van der Waals surface area contributed by atoms with E-state index in [0.717, 1.165) is 31.2 Å². The van der Waals surface area contributed by atoms with Crippen LogP contribution in [0.3, 0.4) is 0 Å². The standard InChI is InChI=1S/C25H30N4O4.C8H18N4O.C8H6O2.H2/c1-17(30)16-20(26-2)14-9-15-27-24-28-23-25(29-24,19-12-7-4-8-13-19)33-22(32-23)21(31)18-10-5-3-6-11-18;1-6(13)7(11-2)4-3-5-12-8(9)10;9-6-8(10)7-4-2-1-3-5-7;/h3-8,10-13,20,22-23,26H,9,14-16H2,1-2H3,(H2,27,28,29);7,11H,3-5H2,1-2H3,(H4,9,10,12);1-6H;1H/p+1. The summed E-state index contributed by atoms with van der Waals surface area (Å²) in [6.45, 7) is 4.47. The number of rotatable bonds is 18. The van der Waals surface area contributed by atoms with Gasteiger partial charge in [-0.05, 0) is 53.6 Å². The van der Waals surface area contributed by atoms with Gasteiger partial charge in [0.15, 0.2) is 12.2 Å². The predicted molar refractivity (Wildman–Crippen MR) is 216 cm³/mol. The molecule has 0 spiro atoms. The van der Waals surface area contributed by atoms with E-state index in [4.69, 9.17) is 20.9 Å². The van der Waals surface area contributed by atoms with Gasteiger partial charge in [0.1, 0.15) is 11.6 Å². The van der Waals surface area contributed by atoms with Crippen molar-refractivity contribution in [3.63, 3.8) is 0 Å². The Morgan fingerprint density at radius 2 is 1.50 bits per heavy atom. The molecule has 0 bridgehead atoms. The Balaban J connectivity index is 0.000000384. The minimum atomic E-state index is -1.03. The first-order valence-electron chi connectivity index (χ1n) is 18.5. The second kappa shape index (κ2) is 23.3. The number of nitrogens with one attached hydrogen (secondary N) is 5. The van der Waals surface area contributed by atoms with E-state index < -0.39 is 24.0 Å². The zero-order valence-electron chi connectivity index (χ0n) is 32.5. The number of guanidine groups is 2. The van der Waals surface area contributed by atoms with E-state index in [2.05, 4.69) is 31.3 Å². The molecule has 9 N–H and O–H groups in total. The molecule has 3 aromatic carbocycles. The second-order valence-corrected chi connectivity index (χ2v) is 13.2. The molecule has 2 fully saturated rings. The molecule has 15 nitrogen and oxygen atoms in total. The van der Waals surface area contributed by atoms with Gasteiger partial charge in [0.05, 0.1) is 12.6 Å². The second-order valence-electron chi connectivity index (χ2n) is 13.2. The summed E-state index contributed by atoms with van der Waals surface area (Å²) < 4.78 is 12.3. The van der Waals surface area contributed by atoms with Crippen molar-refractivity contribution >= 4 is 41.3 Å². The van der Waals surface area contributed by atoms with E-state index >= 15 is 0 Å². The van der Waals surface area contributed by atoms with Gasteiger partial charge in [-0.15, -0.1) is 0 Å². The monoisotopic (exact) mass is 773 g/mol. The van der Waals surface area contributed by atoms with Gasteiger partial charge >= 0.3 is 5.96 Å². The van der Waals surface area contributed by atoms with Gasteiger partial charge in [0.25, 0.3) is 5.72 Å². The lowest BCUT2D eigenvalue weighted by Gasteiger charge is -2.22. The third-order valence-electron chi connectivity index (χ3n) is 8.91. The minimum Gasteiger partial charge on any atom is -0.370 e. The fourth-order valence-corrected chi connectivity index (χ4v) is 5.97. The molecular weight excluding hydrogens is 717 g/mol. The molecule has 2 saturated heterocycles. The van der Waals surface area contributed by atoms with Crippen LogP contribution in [-0.4, -0.2) is 93.1 Å². The fraction of sp³-hybridized carbons (Fsp3) is 0.390. The molecule has 0 radical (unpaired) electrons. The number of ether oxygens (including phenoxy) is 2. The number of Topliss-reactive ketones (excluding diaryl/α,β-unsaturated/α-hetero) is 4. The number of ketones is 4. The van der Waals surface area contributed by atoms with Crippen LogP contribution in [0.1, 0.15) is 73.7 Å². The molecule has 56 heavy (non-hydrogen) atoms. The third kappa shape index (κ3) is 13.9. The average molecular weight is 774 g/mol. The predicted octanol–water partition coefficient (Wildman–Crippen LogP) is 0.929. The summed E-state index contributed by atoms with van der Waals surface area (Å²) in [5, 5.41) is 12.8. The molecule has 0 aliphatic carbocycles. The van der Waals surface area contributed by atoms with Crippen LogP contribution in [0.25, 0.3) is 0 Å². The summed E-state index contributed by atoms with van der Waals surface area (Å²) in [5.41, 5.74) is 11.1. The van der Waals surface area contributed by atoms with Gasteiger partial charge < -0.3 is 26.8 Å². The number of aliphatic imine (C=N–C) groups is 1. The van der Waals surface area contributed by atoms with Crippen LogP contribution in [-0.2, 0) is 29.6 Å². The molecule has 2 aliphatic heterocycles. The van der Waals surface area contributed by atoms with E-state index in [1.807, 2.05) is 55.6 Å². The van der Waals surface area contributed by atoms with Crippen molar-refractivity contribution in [1.82, 2.24) is 21.3 Å². The number of carbonyl (C=O) groups excluding carboxylic acids is 5. The van der Waals surface area contributed by atoms with Crippen molar-refractivity contribution in [3.8, 4) is 0 Å². The van der Waals surface area contributed by atoms with Crippen LogP contribution in [0.5, 0.6) is 0 Å². The molecule has 2 aliphatic rings. The number of benzene rings is 3. The summed E-state index contributed by atoms with van der Waals surface area (Å²) in [4.78, 5) is 63.1. The number of aldehydes is 1. The highest BCUT2D eigenvalue weighted by Crippen LogP contribution is 2.38. The highest BCUT2D eigenvalue weighted by Gasteiger charge is 2.63. The highest BCUT2D eigenvalue weighted by molar-refractivity contribution is 6.33. The lowest BCUT2D eigenvalue weighted by atomic mass is 10.0. The largest absolute Gasteiger partial charge is 0.370 e. The minimum absolute atomic E-state index is 0. The first-order chi connectivity index (χ1) is 26.9. The van der Waals surface area contributed by atoms with Gasteiger partial charge in [-0.3, -0.25) is 38.7 Å². The summed E-state index contributed by atoms with van der Waals surface area (Å²) in [7, 11) is 3.65. The highest BCUT2D eigenvalue weighted by atomic mass is 16.8. The summed E-state index contributed by atoms with van der Waals surface area (Å²) in [6.07, 6.45) is 2.57.